The van der Waals surface area contributed by atoms with Gasteiger partial charge in [0.25, 0.3) is 0 Å². The van der Waals surface area contributed by atoms with Crippen molar-refractivity contribution in [2.24, 2.45) is 0 Å². The van der Waals surface area contributed by atoms with Gasteiger partial charge in [0.15, 0.2) is 0 Å². The van der Waals surface area contributed by atoms with Crippen molar-refractivity contribution in [1.82, 2.24) is 0 Å². The van der Waals surface area contributed by atoms with Gasteiger partial charge in [-0.05, 0) is 25.8 Å². The van der Waals surface area contributed by atoms with Crippen molar-refractivity contribution in [2.45, 2.75) is 19.3 Å². The third-order valence-corrected chi connectivity index (χ3v) is 1.81. The maximum Gasteiger partial charge on any atom is 0.0516 e. The van der Waals surface area contributed by atoms with E-state index in [-0.39, 0.29) is 5.41 Å². The van der Waals surface area contributed by atoms with E-state index in [1.807, 2.05) is 44.2 Å². The van der Waals surface area contributed by atoms with Crippen molar-refractivity contribution < 1.29 is 0 Å². The molecule has 0 aliphatic heterocycles. The van der Waals surface area contributed by atoms with Crippen LogP contribution in [0.25, 0.3) is 0 Å². The Balaban J connectivity index is 3.05. The van der Waals surface area contributed by atoms with Crippen LogP contribution in [0.3, 0.4) is 0 Å². The molecule has 1 aromatic carbocycles. The monoisotopic (exact) mass is 143 g/mol. The highest BCUT2D eigenvalue weighted by Gasteiger charge is 2.15. The molecule has 0 heterocycles. The van der Waals surface area contributed by atoms with Gasteiger partial charge in [0.2, 0.25) is 0 Å². The van der Waals surface area contributed by atoms with Crippen molar-refractivity contribution in [3.8, 4) is 5.92 Å². The predicted octanol–water partition coefficient (Wildman–Crippen LogP) is 2.55. The molecular formula is C11H11. The molecule has 0 heteroatoms. The summed E-state index contributed by atoms with van der Waals surface area (Å²) in [4.78, 5) is 0. The smallest absolute Gasteiger partial charge is 0.0516 e. The molecular weight excluding hydrogens is 132 g/mol. The maximum absolute atomic E-state index is 7.09. The summed E-state index contributed by atoms with van der Waals surface area (Å²) in [6.45, 7) is 3.96. The molecule has 0 aliphatic rings. The Bertz CT molecular complexity index is 262. The molecule has 55 valence electrons. The molecule has 0 fully saturated rings. The fourth-order valence-electron chi connectivity index (χ4n) is 0.927. The van der Waals surface area contributed by atoms with Gasteiger partial charge >= 0.3 is 0 Å². The predicted molar refractivity (Wildman–Crippen MR) is 46.6 cm³/mol. The third kappa shape index (κ3) is 1.62. The lowest BCUT2D eigenvalue weighted by Gasteiger charge is -2.16. The molecule has 0 aliphatic carbocycles. The van der Waals surface area contributed by atoms with Gasteiger partial charge in [-0.15, -0.1) is 0 Å². The molecule has 11 heavy (non-hydrogen) atoms. The van der Waals surface area contributed by atoms with Gasteiger partial charge < -0.3 is 0 Å². The average molecular weight is 143 g/mol. The van der Waals surface area contributed by atoms with Gasteiger partial charge in [-0.3, -0.25) is 0 Å². The summed E-state index contributed by atoms with van der Waals surface area (Å²) in [7, 11) is 0. The molecule has 0 atom stereocenters. The van der Waals surface area contributed by atoms with E-state index in [4.69, 9.17) is 6.42 Å². The Hall–Kier alpha value is -1.22. The Morgan fingerprint density at radius 3 is 2.18 bits per heavy atom. The molecule has 0 saturated heterocycles. The van der Waals surface area contributed by atoms with E-state index in [2.05, 4.69) is 5.92 Å². The van der Waals surface area contributed by atoms with E-state index in [0.717, 1.165) is 5.56 Å². The molecule has 1 radical (unpaired) electrons. The molecule has 0 spiro atoms. The molecule has 0 saturated carbocycles. The number of hydrogen-bond acceptors (Lipinski definition) is 0. The molecule has 1 rings (SSSR count). The first-order chi connectivity index (χ1) is 5.17. The van der Waals surface area contributed by atoms with Crippen molar-refractivity contribution in [2.75, 3.05) is 0 Å². The summed E-state index contributed by atoms with van der Waals surface area (Å²) in [5.74, 6) is 2.51. The SMILES string of the molecule is [C]#CC(C)(C)c1ccccc1. The zero-order valence-corrected chi connectivity index (χ0v) is 6.89. The minimum Gasteiger partial charge on any atom is -0.0781 e. The standard InChI is InChI=1S/C11H11/c1-4-11(2,3)10-8-6-5-7-9-10/h5-9H,2-3H3. The molecule has 0 nitrogen and oxygen atoms in total. The summed E-state index contributed by atoms with van der Waals surface area (Å²) in [5.41, 5.74) is 0.886. The van der Waals surface area contributed by atoms with Crippen LogP contribution >= 0.6 is 0 Å². The first-order valence-corrected chi connectivity index (χ1v) is 3.66. The van der Waals surface area contributed by atoms with Crippen molar-refractivity contribution >= 4 is 0 Å². The van der Waals surface area contributed by atoms with Gasteiger partial charge in [0.1, 0.15) is 0 Å². The van der Waals surface area contributed by atoms with E-state index < -0.39 is 0 Å². The second-order valence-corrected chi connectivity index (χ2v) is 3.12. The van der Waals surface area contributed by atoms with Crippen LogP contribution < -0.4 is 0 Å². The summed E-state index contributed by atoms with van der Waals surface area (Å²) in [6.07, 6.45) is 7.09. The van der Waals surface area contributed by atoms with Crippen molar-refractivity contribution in [3.05, 3.63) is 42.3 Å². The second-order valence-electron chi connectivity index (χ2n) is 3.12. The molecule has 1 aromatic rings. The molecule has 0 amide bonds. The van der Waals surface area contributed by atoms with Crippen LogP contribution in [-0.4, -0.2) is 0 Å². The fraction of sp³-hybridized carbons (Fsp3) is 0.273. The summed E-state index contributed by atoms with van der Waals surface area (Å²) >= 11 is 0. The first-order valence-electron chi connectivity index (χ1n) is 3.66. The van der Waals surface area contributed by atoms with Crippen LogP contribution in [0.4, 0.5) is 0 Å². The van der Waals surface area contributed by atoms with E-state index >= 15 is 0 Å². The van der Waals surface area contributed by atoms with Gasteiger partial charge in [0.05, 0.1) is 5.41 Å². The Labute approximate surface area is 68.3 Å². The largest absolute Gasteiger partial charge is 0.0781 e. The average Bonchev–Trinajstić information content (AvgIpc) is 2.06. The highest BCUT2D eigenvalue weighted by atomic mass is 14.2. The maximum atomic E-state index is 7.09. The molecule has 0 aromatic heterocycles. The molecule has 0 bridgehead atoms. The zero-order chi connectivity index (χ0) is 8.32. The van der Waals surface area contributed by atoms with Gasteiger partial charge in [0, 0.05) is 0 Å². The van der Waals surface area contributed by atoms with Crippen LogP contribution in [0.2, 0.25) is 0 Å². The number of rotatable bonds is 1. The van der Waals surface area contributed by atoms with Gasteiger partial charge in [-0.25, -0.2) is 0 Å². The number of benzene rings is 1. The quantitative estimate of drug-likeness (QED) is 0.530. The lowest BCUT2D eigenvalue weighted by molar-refractivity contribution is 0.698. The molecule has 0 N–H and O–H groups in total. The fourth-order valence-corrected chi connectivity index (χ4v) is 0.927. The lowest BCUT2D eigenvalue weighted by atomic mass is 9.86. The Morgan fingerprint density at radius 2 is 1.73 bits per heavy atom. The van der Waals surface area contributed by atoms with E-state index in [1.54, 1.807) is 0 Å². The minimum absolute atomic E-state index is 0.249. The van der Waals surface area contributed by atoms with E-state index in [1.165, 1.54) is 0 Å². The second kappa shape index (κ2) is 2.80. The highest BCUT2D eigenvalue weighted by molar-refractivity contribution is 5.30. The van der Waals surface area contributed by atoms with Crippen LogP contribution in [0, 0.1) is 12.3 Å². The zero-order valence-electron chi connectivity index (χ0n) is 6.89. The van der Waals surface area contributed by atoms with E-state index in [0.29, 0.717) is 0 Å². The van der Waals surface area contributed by atoms with Crippen LogP contribution in [0.5, 0.6) is 0 Å². The minimum atomic E-state index is -0.249. The van der Waals surface area contributed by atoms with Crippen molar-refractivity contribution in [1.29, 1.82) is 0 Å². The topological polar surface area (TPSA) is 0 Å². The molecule has 0 unspecified atom stereocenters. The van der Waals surface area contributed by atoms with Crippen LogP contribution in [0.15, 0.2) is 30.3 Å². The lowest BCUT2D eigenvalue weighted by Crippen LogP contribution is -2.12. The Kier molecular flexibility index (Phi) is 2.01. The normalized spacial score (nSPS) is 10.6. The van der Waals surface area contributed by atoms with Gasteiger partial charge in [-0.1, -0.05) is 36.3 Å². The van der Waals surface area contributed by atoms with E-state index in [9.17, 15) is 0 Å². The highest BCUT2D eigenvalue weighted by Crippen LogP contribution is 2.20. The number of hydrogen-bond donors (Lipinski definition) is 0. The van der Waals surface area contributed by atoms with Crippen LogP contribution in [0.1, 0.15) is 19.4 Å². The van der Waals surface area contributed by atoms with Crippen LogP contribution in [-0.2, 0) is 5.41 Å². The Morgan fingerprint density at radius 1 is 1.18 bits per heavy atom. The van der Waals surface area contributed by atoms with Gasteiger partial charge in [-0.2, -0.15) is 0 Å². The summed E-state index contributed by atoms with van der Waals surface area (Å²) < 4.78 is 0. The summed E-state index contributed by atoms with van der Waals surface area (Å²) in [5, 5.41) is 0. The first kappa shape index (κ1) is 7.88. The third-order valence-electron chi connectivity index (χ3n) is 1.81. The van der Waals surface area contributed by atoms with Crippen molar-refractivity contribution in [3.63, 3.8) is 0 Å². The summed E-state index contributed by atoms with van der Waals surface area (Å²) in [6, 6.07) is 9.97.